The van der Waals surface area contributed by atoms with Gasteiger partial charge in [0.05, 0.1) is 24.3 Å². The Morgan fingerprint density at radius 2 is 0.910 bits per heavy atom. The molecule has 0 aromatic heterocycles. The monoisotopic (exact) mass is 950 g/mol. The van der Waals surface area contributed by atoms with Crippen LogP contribution in [0.15, 0.2) is 82.6 Å². The summed E-state index contributed by atoms with van der Waals surface area (Å²) in [6.07, 6.45) is -4.85. The van der Waals surface area contributed by atoms with E-state index in [2.05, 4.69) is 0 Å². The second-order valence-corrected chi connectivity index (χ2v) is 17.3. The van der Waals surface area contributed by atoms with Crippen molar-refractivity contribution in [1.29, 1.82) is 0 Å². The maximum atomic E-state index is 15.8. The van der Waals surface area contributed by atoms with Crippen molar-refractivity contribution in [3.63, 3.8) is 0 Å². The third kappa shape index (κ3) is 10.5. The van der Waals surface area contributed by atoms with Crippen LogP contribution in [0.2, 0.25) is 0 Å². The Labute approximate surface area is 385 Å². The number of carbonyl (C=O) groups excluding carboxylic acids is 4. The van der Waals surface area contributed by atoms with Crippen LogP contribution in [-0.4, -0.2) is 109 Å². The van der Waals surface area contributed by atoms with E-state index in [1.807, 2.05) is 0 Å². The zero-order chi connectivity index (χ0) is 47.6. The summed E-state index contributed by atoms with van der Waals surface area (Å²) in [6.45, 7) is 5.12. The molecule has 8 rings (SSSR count). The number of amides is 4. The van der Waals surface area contributed by atoms with Gasteiger partial charge in [-0.3, -0.25) is 19.2 Å². The first kappa shape index (κ1) is 47.2. The lowest BCUT2D eigenvalue weighted by molar-refractivity contribution is -0.215. The minimum absolute atomic E-state index is 0.0230. The molecule has 4 aliphatic rings. The van der Waals surface area contributed by atoms with E-state index in [9.17, 15) is 19.2 Å². The molecule has 0 saturated carbocycles. The normalized spacial score (nSPS) is 16.7. The van der Waals surface area contributed by atoms with Gasteiger partial charge in [0.2, 0.25) is 23.6 Å². The van der Waals surface area contributed by atoms with E-state index in [1.54, 1.807) is 9.80 Å². The fourth-order valence-electron chi connectivity index (χ4n) is 8.50. The fourth-order valence-corrected chi connectivity index (χ4v) is 9.65. The summed E-state index contributed by atoms with van der Waals surface area (Å²) in [5.41, 5.74) is -2.01. The molecule has 67 heavy (non-hydrogen) atoms. The lowest BCUT2D eigenvalue weighted by Crippen LogP contribution is -2.49. The molecule has 352 valence electrons. The maximum Gasteiger partial charge on any atom is 0.418 e. The molecular formula is C48H44F6N4O8S. The van der Waals surface area contributed by atoms with Gasteiger partial charge in [0.1, 0.15) is 0 Å². The van der Waals surface area contributed by atoms with Crippen LogP contribution in [0, 0.1) is 0 Å². The number of hydrogen-bond acceptors (Lipinski definition) is 9. The van der Waals surface area contributed by atoms with Crippen LogP contribution < -0.4 is 9.78 Å². The summed E-state index contributed by atoms with van der Waals surface area (Å²) < 4.78 is 94.8. The van der Waals surface area contributed by atoms with Gasteiger partial charge < -0.3 is 29.4 Å². The number of halogens is 6. The molecule has 2 saturated heterocycles. The summed E-state index contributed by atoms with van der Waals surface area (Å²) >= 11 is 0.294. The Balaban J connectivity index is 1.24. The van der Waals surface area contributed by atoms with Crippen LogP contribution in [0.1, 0.15) is 47.2 Å². The molecule has 0 atom stereocenters. The van der Waals surface area contributed by atoms with Crippen LogP contribution in [-0.2, 0) is 54.1 Å². The van der Waals surface area contributed by atoms with Crippen molar-refractivity contribution in [3.05, 3.63) is 106 Å². The average Bonchev–Trinajstić information content (AvgIpc) is 3.31. The van der Waals surface area contributed by atoms with Crippen molar-refractivity contribution >= 4 is 47.5 Å². The van der Waals surface area contributed by atoms with Crippen LogP contribution in [0.5, 0.6) is 11.5 Å². The van der Waals surface area contributed by atoms with E-state index in [-0.39, 0.29) is 84.6 Å². The van der Waals surface area contributed by atoms with Gasteiger partial charge in [-0.1, -0.05) is 36.0 Å². The highest BCUT2D eigenvalue weighted by molar-refractivity contribution is 7.99. The van der Waals surface area contributed by atoms with Crippen molar-refractivity contribution in [2.24, 2.45) is 0 Å². The van der Waals surface area contributed by atoms with Gasteiger partial charge in [-0.25, -0.2) is 0 Å². The molecule has 0 bridgehead atoms. The SMILES string of the molecule is CC(=O)N1CCN(C(=O)C=Cc2ccc(Sc3ccc(C=CC(=O)N4CCN(C(C)=O)CC4)c(-c4ccc5c(c4)CCOO5)c3C(F)(F)F)c(C(F)(F)F)c2-c2ccc3c(c2)CCOO3)CC1. The molecule has 0 N–H and O–H groups in total. The zero-order valence-electron chi connectivity index (χ0n) is 36.3. The number of alkyl halides is 6. The van der Waals surface area contributed by atoms with E-state index in [0.29, 0.717) is 73.4 Å². The summed E-state index contributed by atoms with van der Waals surface area (Å²) in [7, 11) is 0. The molecule has 4 aliphatic heterocycles. The minimum Gasteiger partial charge on any atom is -0.339 e. The standard InChI is InChI=1S/C48H44F6N4O8S/c1-29(59)55-17-21-57(22-18-55)41(61)13-7-31-5-11-39(45(47(49,50)51)43(31)35-3-9-37-33(27-35)15-25-63-65-37)67-40-12-6-32(8-14-42(62)58-23-19-56(20-24-58)30(2)60)44(46(40)48(52,53)54)36-4-10-38-34(28-36)16-26-64-66-38/h3-14,27-28H,15-26H2,1-2H3. The number of nitrogens with zero attached hydrogens (tertiary/aromatic N) is 4. The highest BCUT2D eigenvalue weighted by atomic mass is 32.2. The number of carbonyl (C=O) groups is 4. The molecule has 4 aromatic carbocycles. The van der Waals surface area contributed by atoms with Crippen molar-refractivity contribution in [2.75, 3.05) is 65.6 Å². The van der Waals surface area contributed by atoms with Crippen LogP contribution in [0.25, 0.3) is 34.4 Å². The number of rotatable bonds is 8. The number of benzene rings is 4. The first-order valence-corrected chi connectivity index (χ1v) is 22.2. The highest BCUT2D eigenvalue weighted by Gasteiger charge is 2.41. The number of fused-ring (bicyclic) bond motifs is 2. The van der Waals surface area contributed by atoms with Crippen molar-refractivity contribution in [3.8, 4) is 33.8 Å². The van der Waals surface area contributed by atoms with Crippen molar-refractivity contribution in [2.45, 2.75) is 48.8 Å². The highest BCUT2D eigenvalue weighted by Crippen LogP contribution is 2.52. The van der Waals surface area contributed by atoms with Gasteiger partial charge >= 0.3 is 12.4 Å². The second-order valence-electron chi connectivity index (χ2n) is 16.2. The van der Waals surface area contributed by atoms with E-state index < -0.39 is 45.1 Å². The van der Waals surface area contributed by atoms with E-state index in [4.69, 9.17) is 19.6 Å². The van der Waals surface area contributed by atoms with Crippen molar-refractivity contribution < 1.29 is 65.1 Å². The predicted molar refractivity (Wildman–Crippen MR) is 234 cm³/mol. The smallest absolute Gasteiger partial charge is 0.339 e. The Kier molecular flexibility index (Phi) is 13.7. The summed E-state index contributed by atoms with van der Waals surface area (Å²) in [6, 6.07) is 13.6. The van der Waals surface area contributed by atoms with Gasteiger partial charge in [0, 0.05) is 123 Å². The molecule has 0 unspecified atom stereocenters. The van der Waals surface area contributed by atoms with E-state index >= 15 is 26.3 Å². The number of piperazine rings is 2. The predicted octanol–water partition coefficient (Wildman–Crippen LogP) is 8.35. The van der Waals surface area contributed by atoms with Gasteiger partial charge in [-0.05, 0) is 70.8 Å². The minimum atomic E-state index is -5.13. The molecule has 4 amide bonds. The zero-order valence-corrected chi connectivity index (χ0v) is 37.1. The van der Waals surface area contributed by atoms with E-state index in [0.717, 1.165) is 24.3 Å². The summed E-state index contributed by atoms with van der Waals surface area (Å²) in [4.78, 5) is 76.1. The van der Waals surface area contributed by atoms with Crippen LogP contribution in [0.3, 0.4) is 0 Å². The summed E-state index contributed by atoms with van der Waals surface area (Å²) in [5.74, 6) is -0.694. The quantitative estimate of drug-likeness (QED) is 0.0977. The molecular weight excluding hydrogens is 907 g/mol. The Morgan fingerprint density at radius 1 is 0.537 bits per heavy atom. The molecule has 19 heteroatoms. The number of hydrogen-bond donors (Lipinski definition) is 0. The first-order chi connectivity index (χ1) is 32.0. The lowest BCUT2D eigenvalue weighted by Gasteiger charge is -2.33. The lowest BCUT2D eigenvalue weighted by atomic mass is 9.91. The first-order valence-electron chi connectivity index (χ1n) is 21.4. The molecule has 0 radical (unpaired) electrons. The van der Waals surface area contributed by atoms with Crippen LogP contribution >= 0.6 is 11.8 Å². The summed E-state index contributed by atoms with van der Waals surface area (Å²) in [5, 5.41) is 0. The van der Waals surface area contributed by atoms with Gasteiger partial charge in [0.25, 0.3) is 0 Å². The van der Waals surface area contributed by atoms with Gasteiger partial charge in [0.15, 0.2) is 11.5 Å². The molecule has 4 heterocycles. The molecule has 2 fully saturated rings. The van der Waals surface area contributed by atoms with Crippen molar-refractivity contribution in [1.82, 2.24) is 19.6 Å². The molecule has 0 aliphatic carbocycles. The largest absolute Gasteiger partial charge is 0.418 e. The van der Waals surface area contributed by atoms with E-state index in [1.165, 1.54) is 84.3 Å². The Bertz CT molecular complexity index is 2470. The van der Waals surface area contributed by atoms with Crippen LogP contribution in [0.4, 0.5) is 26.3 Å². The third-order valence-electron chi connectivity index (χ3n) is 12.0. The third-order valence-corrected chi connectivity index (χ3v) is 13.1. The topological polar surface area (TPSA) is 118 Å². The van der Waals surface area contributed by atoms with Gasteiger partial charge in [-0.15, -0.1) is 0 Å². The average molecular weight is 951 g/mol. The molecule has 12 nitrogen and oxygen atoms in total. The Morgan fingerprint density at radius 3 is 1.27 bits per heavy atom. The molecule has 4 aromatic rings. The fraction of sp³-hybridized carbons (Fsp3) is 0.333. The maximum absolute atomic E-state index is 15.8. The van der Waals surface area contributed by atoms with Gasteiger partial charge in [-0.2, -0.15) is 36.1 Å². The Hall–Kier alpha value is -6.31. The molecule has 0 spiro atoms. The second kappa shape index (κ2) is 19.5.